The summed E-state index contributed by atoms with van der Waals surface area (Å²) in [4.78, 5) is 0. The molecule has 0 heterocycles. The van der Waals surface area contributed by atoms with Crippen LogP contribution in [0.25, 0.3) is 0 Å². The maximum Gasteiger partial charge on any atom is 0.147 e. The summed E-state index contributed by atoms with van der Waals surface area (Å²) < 4.78 is 20.7. The Hall–Kier alpha value is -0.160. The number of ether oxygens (including phenoxy) is 1. The van der Waals surface area contributed by atoms with Gasteiger partial charge in [0.2, 0.25) is 0 Å². The number of hydrogen-bond acceptors (Lipinski definition) is 2. The van der Waals surface area contributed by atoms with Gasteiger partial charge in [-0.1, -0.05) is 31.5 Å². The number of rotatable bonds is 3. The van der Waals surface area contributed by atoms with Crippen molar-refractivity contribution in [1.82, 2.24) is 0 Å². The first-order valence-electron chi connectivity index (χ1n) is 7.16. The Bertz CT molecular complexity index is 525. The lowest BCUT2D eigenvalue weighted by atomic mass is 9.67. The monoisotopic (exact) mass is 377 g/mol. The molecular formula is C16H22BrClFNO. The maximum absolute atomic E-state index is 14.4. The topological polar surface area (TPSA) is 35.2 Å². The standard InChI is InChI=1S/C16H22BrClFNO/c1-15(2)6-8-16(21-3,9-7-15)14(20)10-4-5-11(17)12(18)13(10)19/h4-5,14H,6-9,20H2,1-3H3. The molecule has 1 saturated carbocycles. The van der Waals surface area contributed by atoms with Gasteiger partial charge in [0.1, 0.15) is 5.82 Å². The van der Waals surface area contributed by atoms with Crippen LogP contribution in [0.15, 0.2) is 16.6 Å². The van der Waals surface area contributed by atoms with Gasteiger partial charge in [0.05, 0.1) is 16.7 Å². The molecule has 1 atom stereocenters. The van der Waals surface area contributed by atoms with E-state index in [0.717, 1.165) is 25.7 Å². The third kappa shape index (κ3) is 3.29. The second kappa shape index (κ2) is 6.15. The molecule has 1 aliphatic rings. The molecule has 1 aromatic carbocycles. The van der Waals surface area contributed by atoms with Crippen LogP contribution in [0.3, 0.4) is 0 Å². The van der Waals surface area contributed by atoms with Gasteiger partial charge in [0.25, 0.3) is 0 Å². The van der Waals surface area contributed by atoms with E-state index >= 15 is 0 Å². The van der Waals surface area contributed by atoms with E-state index in [-0.39, 0.29) is 10.4 Å². The molecule has 5 heteroatoms. The molecule has 1 aliphatic carbocycles. The van der Waals surface area contributed by atoms with Gasteiger partial charge in [0.15, 0.2) is 0 Å². The molecule has 1 fully saturated rings. The minimum atomic E-state index is -0.524. The van der Waals surface area contributed by atoms with Crippen LogP contribution in [0.4, 0.5) is 4.39 Å². The molecule has 0 aliphatic heterocycles. The van der Waals surface area contributed by atoms with E-state index in [0.29, 0.717) is 10.0 Å². The highest BCUT2D eigenvalue weighted by molar-refractivity contribution is 9.10. The van der Waals surface area contributed by atoms with E-state index in [2.05, 4.69) is 29.8 Å². The van der Waals surface area contributed by atoms with Crippen molar-refractivity contribution in [2.24, 2.45) is 11.1 Å². The molecule has 118 valence electrons. The summed E-state index contributed by atoms with van der Waals surface area (Å²) in [5.74, 6) is -0.459. The number of hydrogen-bond donors (Lipinski definition) is 1. The number of methoxy groups -OCH3 is 1. The number of halogens is 3. The van der Waals surface area contributed by atoms with Crippen molar-refractivity contribution in [3.05, 3.63) is 33.0 Å². The van der Waals surface area contributed by atoms with E-state index in [9.17, 15) is 4.39 Å². The summed E-state index contributed by atoms with van der Waals surface area (Å²) in [5.41, 5.74) is 6.57. The summed E-state index contributed by atoms with van der Waals surface area (Å²) in [5, 5.41) is 0.0744. The molecule has 1 aromatic rings. The SMILES string of the molecule is COC1(C(N)c2ccc(Br)c(Cl)c2F)CCC(C)(C)CC1. The maximum atomic E-state index is 14.4. The van der Waals surface area contributed by atoms with Crippen molar-refractivity contribution in [2.45, 2.75) is 51.2 Å². The van der Waals surface area contributed by atoms with E-state index in [1.54, 1.807) is 19.2 Å². The van der Waals surface area contributed by atoms with Crippen LogP contribution < -0.4 is 5.73 Å². The van der Waals surface area contributed by atoms with E-state index in [1.165, 1.54) is 0 Å². The highest BCUT2D eigenvalue weighted by atomic mass is 79.9. The molecule has 0 bridgehead atoms. The molecule has 1 unspecified atom stereocenters. The van der Waals surface area contributed by atoms with Gasteiger partial charge in [-0.2, -0.15) is 0 Å². The Morgan fingerprint density at radius 2 is 1.86 bits per heavy atom. The summed E-state index contributed by atoms with van der Waals surface area (Å²) in [6, 6.07) is 2.90. The van der Waals surface area contributed by atoms with Gasteiger partial charge in [-0.25, -0.2) is 4.39 Å². The molecule has 0 spiro atoms. The molecule has 2 nitrogen and oxygen atoms in total. The summed E-state index contributed by atoms with van der Waals surface area (Å²) in [7, 11) is 1.66. The quantitative estimate of drug-likeness (QED) is 0.731. The molecule has 0 radical (unpaired) electrons. The normalized spacial score (nSPS) is 22.0. The first-order valence-corrected chi connectivity index (χ1v) is 8.34. The number of nitrogens with two attached hydrogens (primary N) is 1. The average molecular weight is 379 g/mol. The second-order valence-electron chi connectivity index (χ2n) is 6.68. The summed E-state index contributed by atoms with van der Waals surface area (Å²) in [6.07, 6.45) is 3.68. The van der Waals surface area contributed by atoms with Crippen LogP contribution in [0.2, 0.25) is 5.02 Å². The lowest BCUT2D eigenvalue weighted by molar-refractivity contribution is -0.0800. The fourth-order valence-electron chi connectivity index (χ4n) is 3.06. The highest BCUT2D eigenvalue weighted by Gasteiger charge is 2.44. The van der Waals surface area contributed by atoms with Crippen molar-refractivity contribution in [1.29, 1.82) is 0 Å². The Labute approximate surface area is 139 Å². The van der Waals surface area contributed by atoms with Gasteiger partial charge in [-0.15, -0.1) is 0 Å². The minimum Gasteiger partial charge on any atom is -0.376 e. The van der Waals surface area contributed by atoms with Gasteiger partial charge in [0, 0.05) is 17.1 Å². The van der Waals surface area contributed by atoms with Crippen LogP contribution in [0.1, 0.15) is 51.1 Å². The third-order valence-corrected chi connectivity index (χ3v) is 6.08. The molecule has 0 aromatic heterocycles. The molecule has 2 N–H and O–H groups in total. The first-order chi connectivity index (χ1) is 9.72. The van der Waals surface area contributed by atoms with E-state index in [1.807, 2.05) is 0 Å². The van der Waals surface area contributed by atoms with Crippen LogP contribution in [0.5, 0.6) is 0 Å². The third-order valence-electron chi connectivity index (χ3n) is 4.82. The van der Waals surface area contributed by atoms with E-state index in [4.69, 9.17) is 22.1 Å². The smallest absolute Gasteiger partial charge is 0.147 e. The van der Waals surface area contributed by atoms with Crippen molar-refractivity contribution < 1.29 is 9.13 Å². The molecule has 2 rings (SSSR count). The van der Waals surface area contributed by atoms with Crippen molar-refractivity contribution >= 4 is 27.5 Å². The second-order valence-corrected chi connectivity index (χ2v) is 7.91. The summed E-state index contributed by atoms with van der Waals surface area (Å²) in [6.45, 7) is 4.49. The highest BCUT2D eigenvalue weighted by Crippen LogP contribution is 2.47. The van der Waals surface area contributed by atoms with E-state index < -0.39 is 17.5 Å². The predicted molar refractivity (Wildman–Crippen MR) is 88.0 cm³/mol. The molecule has 0 saturated heterocycles. The zero-order chi connectivity index (χ0) is 15.8. The van der Waals surface area contributed by atoms with Crippen molar-refractivity contribution in [3.63, 3.8) is 0 Å². The molecule has 21 heavy (non-hydrogen) atoms. The first kappa shape index (κ1) is 17.2. The van der Waals surface area contributed by atoms with Gasteiger partial charge >= 0.3 is 0 Å². The van der Waals surface area contributed by atoms with Crippen LogP contribution in [-0.4, -0.2) is 12.7 Å². The number of benzene rings is 1. The molecular weight excluding hydrogens is 357 g/mol. The van der Waals surface area contributed by atoms with Gasteiger partial charge < -0.3 is 10.5 Å². The van der Waals surface area contributed by atoms with Crippen LogP contribution in [0, 0.1) is 11.2 Å². The Kier molecular flexibility index (Phi) is 5.04. The fourth-order valence-corrected chi connectivity index (χ4v) is 3.53. The average Bonchev–Trinajstić information content (AvgIpc) is 2.45. The van der Waals surface area contributed by atoms with Gasteiger partial charge in [-0.3, -0.25) is 0 Å². The zero-order valence-electron chi connectivity index (χ0n) is 12.7. The Morgan fingerprint density at radius 3 is 2.38 bits per heavy atom. The van der Waals surface area contributed by atoms with Crippen molar-refractivity contribution in [2.75, 3.05) is 7.11 Å². The lowest BCUT2D eigenvalue weighted by Crippen LogP contribution is -2.47. The molecule has 0 amide bonds. The van der Waals surface area contributed by atoms with Crippen molar-refractivity contribution in [3.8, 4) is 0 Å². The Morgan fingerprint density at radius 1 is 1.29 bits per heavy atom. The fraction of sp³-hybridized carbons (Fsp3) is 0.625. The lowest BCUT2D eigenvalue weighted by Gasteiger charge is -2.46. The minimum absolute atomic E-state index is 0.0744. The van der Waals surface area contributed by atoms with Gasteiger partial charge in [-0.05, 0) is 53.1 Å². The zero-order valence-corrected chi connectivity index (χ0v) is 15.0. The van der Waals surface area contributed by atoms with Crippen LogP contribution >= 0.6 is 27.5 Å². The van der Waals surface area contributed by atoms with Crippen LogP contribution in [-0.2, 0) is 4.74 Å². The predicted octanol–water partition coefficient (Wildman–Crippen LogP) is 5.23. The summed E-state index contributed by atoms with van der Waals surface area (Å²) >= 11 is 9.21. The largest absolute Gasteiger partial charge is 0.376 e. The Balaban J connectivity index is 2.33.